The monoisotopic (exact) mass is 532 g/mol. The Hall–Kier alpha value is -3.16. The average molecular weight is 533 g/mol. The van der Waals surface area contributed by atoms with Gasteiger partial charge in [-0.15, -0.1) is 11.3 Å². The Labute approximate surface area is 225 Å². The number of nitrogens with zero attached hydrogens (tertiary/aromatic N) is 4. The van der Waals surface area contributed by atoms with Crippen LogP contribution >= 0.6 is 22.9 Å². The highest BCUT2D eigenvalue weighted by Gasteiger charge is 2.29. The van der Waals surface area contributed by atoms with E-state index in [1.165, 1.54) is 22.2 Å². The number of piperazine rings is 1. The molecule has 0 radical (unpaired) electrons. The van der Waals surface area contributed by atoms with E-state index in [9.17, 15) is 4.79 Å². The Morgan fingerprint density at radius 2 is 1.76 bits per heavy atom. The van der Waals surface area contributed by atoms with E-state index in [4.69, 9.17) is 26.3 Å². The number of hydrogen-bond donors (Lipinski definition) is 0. The quantitative estimate of drug-likeness (QED) is 0.317. The minimum absolute atomic E-state index is 0.0463. The number of halogens is 1. The molecule has 3 heterocycles. The van der Waals surface area contributed by atoms with E-state index >= 15 is 0 Å². The maximum atomic E-state index is 13.1. The lowest BCUT2D eigenvalue weighted by atomic mass is 9.89. The molecule has 1 aliphatic carbocycles. The molecule has 37 heavy (non-hydrogen) atoms. The number of thiophene rings is 1. The van der Waals surface area contributed by atoms with Crippen LogP contribution in [0.5, 0.6) is 5.75 Å². The molecule has 1 aliphatic heterocycles. The molecule has 8 heteroatoms. The molecule has 190 valence electrons. The van der Waals surface area contributed by atoms with Crippen LogP contribution in [0.25, 0.3) is 21.6 Å². The minimum atomic E-state index is 0.0463. The molecule has 1 unspecified atom stereocenters. The molecule has 4 aromatic rings. The topological polar surface area (TPSA) is 58.6 Å². The third kappa shape index (κ3) is 4.66. The van der Waals surface area contributed by atoms with Gasteiger partial charge in [-0.3, -0.25) is 4.79 Å². The molecule has 6 rings (SSSR count). The van der Waals surface area contributed by atoms with E-state index in [1.807, 2.05) is 40.5 Å². The highest BCUT2D eigenvalue weighted by molar-refractivity contribution is 7.19. The third-order valence-electron chi connectivity index (χ3n) is 7.44. The first kappa shape index (κ1) is 24.2. The van der Waals surface area contributed by atoms with Crippen molar-refractivity contribution >= 4 is 44.9 Å². The first-order valence-electron chi connectivity index (χ1n) is 12.8. The number of benzene rings is 2. The van der Waals surface area contributed by atoms with Gasteiger partial charge in [-0.25, -0.2) is 9.97 Å². The van der Waals surface area contributed by atoms with Crippen molar-refractivity contribution < 1.29 is 9.53 Å². The molecule has 0 N–H and O–H groups in total. The summed E-state index contributed by atoms with van der Waals surface area (Å²) in [5.41, 5.74) is 3.07. The van der Waals surface area contributed by atoms with Crippen molar-refractivity contribution in [2.75, 3.05) is 38.2 Å². The zero-order valence-electron chi connectivity index (χ0n) is 21.0. The molecule has 1 saturated heterocycles. The van der Waals surface area contributed by atoms with Crippen LogP contribution in [0.3, 0.4) is 0 Å². The third-order valence-corrected chi connectivity index (χ3v) is 8.84. The summed E-state index contributed by atoms with van der Waals surface area (Å²) in [7, 11) is 1.67. The van der Waals surface area contributed by atoms with E-state index in [0.29, 0.717) is 29.6 Å². The second-order valence-electron chi connectivity index (χ2n) is 9.92. The van der Waals surface area contributed by atoms with E-state index in [-0.39, 0.29) is 5.91 Å². The van der Waals surface area contributed by atoms with Crippen molar-refractivity contribution in [3.05, 3.63) is 69.6 Å². The Balaban J connectivity index is 1.34. The van der Waals surface area contributed by atoms with Gasteiger partial charge in [-0.05, 0) is 79.3 Å². The highest BCUT2D eigenvalue weighted by atomic mass is 35.5. The molecular formula is C29H29ClN4O2S. The lowest BCUT2D eigenvalue weighted by molar-refractivity contribution is 0.0746. The predicted octanol–water partition coefficient (Wildman–Crippen LogP) is 6.11. The summed E-state index contributed by atoms with van der Waals surface area (Å²) in [6.07, 6.45) is 3.38. The van der Waals surface area contributed by atoms with Crippen molar-refractivity contribution in [3.63, 3.8) is 0 Å². The lowest BCUT2D eigenvalue weighted by Crippen LogP contribution is -2.49. The second kappa shape index (κ2) is 9.95. The number of carbonyl (C=O) groups excluding carboxylic acids is 1. The van der Waals surface area contributed by atoms with Crippen molar-refractivity contribution in [2.45, 2.75) is 26.2 Å². The number of fused-ring (bicyclic) bond motifs is 3. The fraction of sp³-hybridized carbons (Fsp3) is 0.345. The average Bonchev–Trinajstić information content (AvgIpc) is 3.30. The van der Waals surface area contributed by atoms with Gasteiger partial charge in [0.05, 0.1) is 12.5 Å². The normalized spacial score (nSPS) is 17.6. The van der Waals surface area contributed by atoms with E-state index in [0.717, 1.165) is 53.7 Å². The zero-order valence-corrected chi connectivity index (χ0v) is 22.6. The fourth-order valence-corrected chi connectivity index (χ4v) is 6.82. The molecule has 2 aromatic heterocycles. The fourth-order valence-electron chi connectivity index (χ4n) is 5.32. The van der Waals surface area contributed by atoms with Crippen molar-refractivity contribution in [1.82, 2.24) is 14.9 Å². The molecule has 2 aliphatic rings. The summed E-state index contributed by atoms with van der Waals surface area (Å²) in [5.74, 6) is 3.29. The Bertz CT molecular complexity index is 1440. The van der Waals surface area contributed by atoms with Crippen LogP contribution in [-0.2, 0) is 12.8 Å². The molecule has 0 saturated carbocycles. The number of ether oxygens (including phenoxy) is 1. The predicted molar refractivity (Wildman–Crippen MR) is 150 cm³/mol. The minimum Gasteiger partial charge on any atom is -0.497 e. The molecule has 2 aromatic carbocycles. The number of carbonyl (C=O) groups is 1. The lowest BCUT2D eigenvalue weighted by Gasteiger charge is -2.36. The molecule has 1 amide bonds. The van der Waals surface area contributed by atoms with Crippen LogP contribution in [0.1, 0.15) is 34.1 Å². The van der Waals surface area contributed by atoms with Crippen LogP contribution in [-0.4, -0.2) is 54.1 Å². The van der Waals surface area contributed by atoms with Gasteiger partial charge >= 0.3 is 0 Å². The number of aromatic nitrogens is 2. The smallest absolute Gasteiger partial charge is 0.253 e. The second-order valence-corrected chi connectivity index (χ2v) is 11.4. The summed E-state index contributed by atoms with van der Waals surface area (Å²) < 4.78 is 5.34. The number of anilines is 1. The van der Waals surface area contributed by atoms with Gasteiger partial charge in [-0.1, -0.05) is 18.5 Å². The van der Waals surface area contributed by atoms with Gasteiger partial charge in [0.25, 0.3) is 5.91 Å². The first-order chi connectivity index (χ1) is 18.0. The molecule has 1 fully saturated rings. The standard InChI is InChI=1S/C29H29ClN4O2S/c1-18-3-12-23-24(17-18)37-28-25(23)27(31-26(32-28)19-6-10-22(36-2)11-7-19)33-13-15-34(16-14-33)29(35)20-4-8-21(30)9-5-20/h4-11,18H,3,12-17H2,1-2H3. The molecule has 6 nitrogen and oxygen atoms in total. The van der Waals surface area contributed by atoms with Crippen molar-refractivity contribution in [2.24, 2.45) is 5.92 Å². The number of aryl methyl sites for hydroxylation is 1. The molecule has 0 spiro atoms. The Morgan fingerprint density at radius 1 is 1.03 bits per heavy atom. The molecule has 1 atom stereocenters. The maximum Gasteiger partial charge on any atom is 0.253 e. The molecular weight excluding hydrogens is 504 g/mol. The van der Waals surface area contributed by atoms with Crippen LogP contribution in [0.15, 0.2) is 48.5 Å². The summed E-state index contributed by atoms with van der Waals surface area (Å²) in [6.45, 7) is 5.09. The largest absolute Gasteiger partial charge is 0.497 e. The number of methoxy groups -OCH3 is 1. The summed E-state index contributed by atoms with van der Waals surface area (Å²) in [4.78, 5) is 30.0. The number of hydrogen-bond acceptors (Lipinski definition) is 6. The van der Waals surface area contributed by atoms with Crippen LogP contribution < -0.4 is 9.64 Å². The zero-order chi connectivity index (χ0) is 25.5. The van der Waals surface area contributed by atoms with Crippen molar-refractivity contribution in [1.29, 1.82) is 0 Å². The van der Waals surface area contributed by atoms with Crippen molar-refractivity contribution in [3.8, 4) is 17.1 Å². The first-order valence-corrected chi connectivity index (χ1v) is 14.0. The van der Waals surface area contributed by atoms with Gasteiger partial charge in [0, 0.05) is 47.2 Å². The van der Waals surface area contributed by atoms with Gasteiger partial charge in [0.1, 0.15) is 16.4 Å². The van der Waals surface area contributed by atoms with Crippen LogP contribution in [0, 0.1) is 5.92 Å². The van der Waals surface area contributed by atoms with Crippen LogP contribution in [0.2, 0.25) is 5.02 Å². The highest BCUT2D eigenvalue weighted by Crippen LogP contribution is 2.42. The maximum absolute atomic E-state index is 13.1. The van der Waals surface area contributed by atoms with Gasteiger partial charge in [0.15, 0.2) is 5.82 Å². The molecule has 0 bridgehead atoms. The summed E-state index contributed by atoms with van der Waals surface area (Å²) in [5, 5.41) is 1.84. The SMILES string of the molecule is COc1ccc(-c2nc(N3CCN(C(=O)c4ccc(Cl)cc4)CC3)c3c4c(sc3n2)CC(C)CC4)cc1. The van der Waals surface area contributed by atoms with E-state index < -0.39 is 0 Å². The van der Waals surface area contributed by atoms with E-state index in [2.05, 4.69) is 11.8 Å². The van der Waals surface area contributed by atoms with E-state index in [1.54, 1.807) is 31.4 Å². The number of rotatable bonds is 4. The summed E-state index contributed by atoms with van der Waals surface area (Å²) in [6, 6.07) is 15.1. The van der Waals surface area contributed by atoms with Gasteiger partial charge < -0.3 is 14.5 Å². The Morgan fingerprint density at radius 3 is 2.46 bits per heavy atom. The van der Waals surface area contributed by atoms with Crippen LogP contribution in [0.4, 0.5) is 5.82 Å². The summed E-state index contributed by atoms with van der Waals surface area (Å²) >= 11 is 7.83. The van der Waals surface area contributed by atoms with Gasteiger partial charge in [-0.2, -0.15) is 0 Å². The van der Waals surface area contributed by atoms with Gasteiger partial charge in [0.2, 0.25) is 0 Å². The number of amides is 1. The Kier molecular flexibility index (Phi) is 6.51.